The summed E-state index contributed by atoms with van der Waals surface area (Å²) in [7, 11) is 0. The van der Waals surface area contributed by atoms with E-state index in [1.54, 1.807) is 0 Å². The first-order valence-electron chi connectivity index (χ1n) is 9.39. The second-order valence-corrected chi connectivity index (χ2v) is 6.62. The Kier molecular flexibility index (Phi) is 9.14. The Balaban J connectivity index is 0.00000280. The molecule has 3 N–H and O–H groups in total. The van der Waals surface area contributed by atoms with Gasteiger partial charge >= 0.3 is 0 Å². The van der Waals surface area contributed by atoms with E-state index in [-0.39, 0.29) is 35.8 Å². The molecule has 1 atom stereocenters. The summed E-state index contributed by atoms with van der Waals surface area (Å²) in [5, 5.41) is 3.14. The van der Waals surface area contributed by atoms with Gasteiger partial charge in [0.2, 0.25) is 0 Å². The molecule has 3 rings (SSSR count). The number of benzene rings is 2. The van der Waals surface area contributed by atoms with Crippen LogP contribution >= 0.6 is 24.0 Å². The number of ether oxygens (including phenoxy) is 1. The third kappa shape index (κ3) is 6.42. The van der Waals surface area contributed by atoms with E-state index in [1.807, 2.05) is 24.3 Å². The molecular formula is C21H28FIN4O. The summed E-state index contributed by atoms with van der Waals surface area (Å²) >= 11 is 0. The maximum Gasteiger partial charge on any atom is 0.193 e. The number of guanidine groups is 1. The van der Waals surface area contributed by atoms with Gasteiger partial charge in [-0.25, -0.2) is 4.39 Å². The van der Waals surface area contributed by atoms with Crippen molar-refractivity contribution < 1.29 is 9.13 Å². The molecule has 5 nitrogen and oxygen atoms in total. The van der Waals surface area contributed by atoms with Crippen LogP contribution in [0.5, 0.6) is 0 Å². The molecule has 0 amide bonds. The van der Waals surface area contributed by atoms with Crippen LogP contribution in [-0.2, 0) is 11.2 Å². The molecule has 0 spiro atoms. The number of morpholine rings is 1. The van der Waals surface area contributed by atoms with Gasteiger partial charge in [-0.2, -0.15) is 0 Å². The highest BCUT2D eigenvalue weighted by molar-refractivity contribution is 14.0. The normalized spacial score (nSPS) is 16.3. The highest BCUT2D eigenvalue weighted by Crippen LogP contribution is 2.23. The number of aryl methyl sites for hydroxylation is 1. The molecule has 152 valence electrons. The smallest absolute Gasteiger partial charge is 0.193 e. The predicted octanol–water partition coefficient (Wildman–Crippen LogP) is 3.81. The van der Waals surface area contributed by atoms with Crippen molar-refractivity contribution in [3.8, 4) is 0 Å². The number of hydrogen-bond acceptors (Lipinski definition) is 3. The molecule has 0 saturated carbocycles. The van der Waals surface area contributed by atoms with E-state index in [9.17, 15) is 4.39 Å². The minimum atomic E-state index is -0.236. The topological polar surface area (TPSA) is 62.9 Å². The minimum absolute atomic E-state index is 0. The summed E-state index contributed by atoms with van der Waals surface area (Å²) in [5.41, 5.74) is 9.31. The first-order valence-corrected chi connectivity index (χ1v) is 9.39. The average molecular weight is 498 g/mol. The van der Waals surface area contributed by atoms with Crippen molar-refractivity contribution in [1.82, 2.24) is 4.90 Å². The molecule has 2 aromatic carbocycles. The summed E-state index contributed by atoms with van der Waals surface area (Å²) in [6, 6.07) is 14.8. The SMILES string of the molecule is CCc1ccc(NC(N)=NCC(c2ccc(F)cc2)N2CCOCC2)cc1.I. The quantitative estimate of drug-likeness (QED) is 0.362. The van der Waals surface area contributed by atoms with Gasteiger partial charge in [0.15, 0.2) is 5.96 Å². The van der Waals surface area contributed by atoms with Gasteiger partial charge in [0.1, 0.15) is 5.82 Å². The third-order valence-corrected chi connectivity index (χ3v) is 4.81. The van der Waals surface area contributed by atoms with E-state index >= 15 is 0 Å². The van der Waals surface area contributed by atoms with E-state index in [2.05, 4.69) is 34.3 Å². The Hall–Kier alpha value is -1.71. The minimum Gasteiger partial charge on any atom is -0.379 e. The molecule has 1 aliphatic rings. The second kappa shape index (κ2) is 11.3. The van der Waals surface area contributed by atoms with Crippen molar-refractivity contribution in [3.63, 3.8) is 0 Å². The highest BCUT2D eigenvalue weighted by Gasteiger charge is 2.22. The first kappa shape index (κ1) is 22.6. The number of aliphatic imine (C=N–C) groups is 1. The molecule has 1 saturated heterocycles. The van der Waals surface area contributed by atoms with Crippen molar-refractivity contribution in [2.24, 2.45) is 10.7 Å². The summed E-state index contributed by atoms with van der Waals surface area (Å²) in [5.74, 6) is 0.138. The van der Waals surface area contributed by atoms with E-state index in [4.69, 9.17) is 10.5 Å². The monoisotopic (exact) mass is 498 g/mol. The number of anilines is 1. The van der Waals surface area contributed by atoms with E-state index in [1.165, 1.54) is 17.7 Å². The number of hydrogen-bond donors (Lipinski definition) is 2. The van der Waals surface area contributed by atoms with Crippen molar-refractivity contribution >= 4 is 35.6 Å². The van der Waals surface area contributed by atoms with Crippen LogP contribution < -0.4 is 11.1 Å². The standard InChI is InChI=1S/C21H27FN4O.HI/c1-2-16-3-9-19(10-4-16)25-21(23)24-15-20(26-11-13-27-14-12-26)17-5-7-18(22)8-6-17;/h3-10,20H,2,11-15H2,1H3,(H3,23,24,25);1H. The fraction of sp³-hybridized carbons (Fsp3) is 0.381. The average Bonchev–Trinajstić information content (AvgIpc) is 2.71. The Morgan fingerprint density at radius 3 is 2.39 bits per heavy atom. The summed E-state index contributed by atoms with van der Waals surface area (Å²) < 4.78 is 18.8. The van der Waals surface area contributed by atoms with Crippen LogP contribution in [-0.4, -0.2) is 43.7 Å². The van der Waals surface area contributed by atoms with Crippen molar-refractivity contribution in [2.45, 2.75) is 19.4 Å². The molecule has 1 unspecified atom stereocenters. The molecule has 1 aliphatic heterocycles. The molecule has 0 radical (unpaired) electrons. The predicted molar refractivity (Wildman–Crippen MR) is 123 cm³/mol. The lowest BCUT2D eigenvalue weighted by atomic mass is 10.0. The van der Waals surface area contributed by atoms with Crippen LogP contribution in [0.1, 0.15) is 24.1 Å². The lowest BCUT2D eigenvalue weighted by Crippen LogP contribution is -2.40. The number of nitrogens with zero attached hydrogens (tertiary/aromatic N) is 2. The Labute approximate surface area is 183 Å². The van der Waals surface area contributed by atoms with Crippen molar-refractivity contribution in [2.75, 3.05) is 38.2 Å². The number of nitrogens with one attached hydrogen (secondary N) is 1. The number of rotatable bonds is 6. The highest BCUT2D eigenvalue weighted by atomic mass is 127. The second-order valence-electron chi connectivity index (χ2n) is 6.62. The van der Waals surface area contributed by atoms with Gasteiger partial charge < -0.3 is 15.8 Å². The zero-order valence-electron chi connectivity index (χ0n) is 16.1. The van der Waals surface area contributed by atoms with Crippen LogP contribution in [0, 0.1) is 5.82 Å². The Morgan fingerprint density at radius 2 is 1.79 bits per heavy atom. The lowest BCUT2D eigenvalue weighted by Gasteiger charge is -2.34. The van der Waals surface area contributed by atoms with Gasteiger partial charge in [-0.1, -0.05) is 31.2 Å². The molecule has 7 heteroatoms. The van der Waals surface area contributed by atoms with Gasteiger partial charge in [-0.3, -0.25) is 9.89 Å². The van der Waals surface area contributed by atoms with Crippen LogP contribution in [0.15, 0.2) is 53.5 Å². The molecule has 0 aliphatic carbocycles. The largest absolute Gasteiger partial charge is 0.379 e. The van der Waals surface area contributed by atoms with Crippen molar-refractivity contribution in [3.05, 3.63) is 65.5 Å². The maximum absolute atomic E-state index is 13.3. The van der Waals surface area contributed by atoms with Crippen LogP contribution in [0.4, 0.5) is 10.1 Å². The molecule has 0 bridgehead atoms. The zero-order chi connectivity index (χ0) is 19.1. The van der Waals surface area contributed by atoms with E-state index in [0.717, 1.165) is 30.8 Å². The van der Waals surface area contributed by atoms with E-state index < -0.39 is 0 Å². The van der Waals surface area contributed by atoms with Crippen LogP contribution in [0.3, 0.4) is 0 Å². The molecular weight excluding hydrogens is 470 g/mol. The zero-order valence-corrected chi connectivity index (χ0v) is 18.4. The molecule has 28 heavy (non-hydrogen) atoms. The van der Waals surface area contributed by atoms with Gasteiger partial charge in [0.25, 0.3) is 0 Å². The third-order valence-electron chi connectivity index (χ3n) is 4.81. The van der Waals surface area contributed by atoms with Crippen LogP contribution in [0.2, 0.25) is 0 Å². The Bertz CT molecular complexity index is 746. The number of nitrogens with two attached hydrogens (primary N) is 1. The fourth-order valence-electron chi connectivity index (χ4n) is 3.20. The maximum atomic E-state index is 13.3. The van der Waals surface area contributed by atoms with Crippen molar-refractivity contribution in [1.29, 1.82) is 0 Å². The molecule has 0 aromatic heterocycles. The van der Waals surface area contributed by atoms with Gasteiger partial charge in [-0.05, 0) is 41.8 Å². The van der Waals surface area contributed by atoms with Gasteiger partial charge in [0, 0.05) is 18.8 Å². The van der Waals surface area contributed by atoms with Crippen LogP contribution in [0.25, 0.3) is 0 Å². The lowest BCUT2D eigenvalue weighted by molar-refractivity contribution is 0.0180. The summed E-state index contributed by atoms with van der Waals surface area (Å²) in [6.45, 7) is 5.65. The molecule has 2 aromatic rings. The van der Waals surface area contributed by atoms with Gasteiger partial charge in [-0.15, -0.1) is 24.0 Å². The molecule has 1 heterocycles. The summed E-state index contributed by atoms with van der Waals surface area (Å²) in [6.07, 6.45) is 1.00. The Morgan fingerprint density at radius 1 is 1.14 bits per heavy atom. The van der Waals surface area contributed by atoms with Gasteiger partial charge in [0.05, 0.1) is 25.8 Å². The fourth-order valence-corrected chi connectivity index (χ4v) is 3.20. The number of halogens is 2. The molecule has 1 fully saturated rings. The first-order chi connectivity index (χ1) is 13.2. The van der Waals surface area contributed by atoms with E-state index in [0.29, 0.717) is 25.7 Å². The summed E-state index contributed by atoms with van der Waals surface area (Å²) in [4.78, 5) is 6.85.